The molecule has 0 radical (unpaired) electrons. The first-order chi connectivity index (χ1) is 10.3. The SMILES string of the molecule is CC.CCCCCC(c1cccc(C)c1)c1ncccn1. The van der Waals surface area contributed by atoms with E-state index in [1.165, 1.54) is 30.4 Å². The maximum Gasteiger partial charge on any atom is 0.135 e. The zero-order chi connectivity index (χ0) is 15.5. The number of hydrogen-bond acceptors (Lipinski definition) is 2. The van der Waals surface area contributed by atoms with Gasteiger partial charge in [-0.15, -0.1) is 0 Å². The largest absolute Gasteiger partial charge is 0.241 e. The molecular weight excluding hydrogens is 256 g/mol. The van der Waals surface area contributed by atoms with Crippen molar-refractivity contribution in [3.05, 3.63) is 59.7 Å². The Morgan fingerprint density at radius 3 is 2.33 bits per heavy atom. The molecule has 0 spiro atoms. The Bertz CT molecular complexity index is 494. The first-order valence-corrected chi connectivity index (χ1v) is 8.14. The van der Waals surface area contributed by atoms with Crippen LogP contribution in [0.5, 0.6) is 0 Å². The second-order valence-electron chi connectivity index (χ2n) is 5.07. The quantitative estimate of drug-likeness (QED) is 0.652. The highest BCUT2D eigenvalue weighted by atomic mass is 14.9. The predicted molar refractivity (Wildman–Crippen MR) is 90.5 cm³/mol. The van der Waals surface area contributed by atoms with Crippen LogP contribution in [0.2, 0.25) is 0 Å². The maximum absolute atomic E-state index is 4.45. The van der Waals surface area contributed by atoms with Gasteiger partial charge in [0.2, 0.25) is 0 Å². The van der Waals surface area contributed by atoms with Crippen LogP contribution < -0.4 is 0 Å². The molecule has 0 aliphatic carbocycles. The number of aryl methyl sites for hydroxylation is 1. The van der Waals surface area contributed by atoms with Crippen LogP contribution in [0.3, 0.4) is 0 Å². The summed E-state index contributed by atoms with van der Waals surface area (Å²) in [5, 5.41) is 0. The van der Waals surface area contributed by atoms with Crippen molar-refractivity contribution in [2.45, 2.75) is 59.3 Å². The van der Waals surface area contributed by atoms with E-state index in [4.69, 9.17) is 0 Å². The molecule has 1 heterocycles. The lowest BCUT2D eigenvalue weighted by molar-refractivity contribution is 0.597. The van der Waals surface area contributed by atoms with Crippen LogP contribution >= 0.6 is 0 Å². The molecule has 1 aromatic carbocycles. The lowest BCUT2D eigenvalue weighted by Gasteiger charge is -2.16. The highest BCUT2D eigenvalue weighted by Gasteiger charge is 2.16. The molecule has 0 saturated carbocycles. The van der Waals surface area contributed by atoms with Crippen molar-refractivity contribution in [2.75, 3.05) is 0 Å². The highest BCUT2D eigenvalue weighted by Crippen LogP contribution is 2.27. The van der Waals surface area contributed by atoms with E-state index in [0.717, 1.165) is 12.2 Å². The molecule has 2 rings (SSSR count). The van der Waals surface area contributed by atoms with Gasteiger partial charge >= 0.3 is 0 Å². The highest BCUT2D eigenvalue weighted by molar-refractivity contribution is 5.29. The van der Waals surface area contributed by atoms with Crippen molar-refractivity contribution in [1.82, 2.24) is 9.97 Å². The van der Waals surface area contributed by atoms with Crippen LogP contribution in [0.15, 0.2) is 42.7 Å². The minimum absolute atomic E-state index is 0.327. The van der Waals surface area contributed by atoms with E-state index in [1.54, 1.807) is 0 Å². The summed E-state index contributed by atoms with van der Waals surface area (Å²) in [7, 11) is 0. The summed E-state index contributed by atoms with van der Waals surface area (Å²) in [4.78, 5) is 8.91. The Kier molecular flexibility index (Phi) is 8.34. The van der Waals surface area contributed by atoms with Crippen LogP contribution in [0.25, 0.3) is 0 Å². The van der Waals surface area contributed by atoms with Crippen molar-refractivity contribution >= 4 is 0 Å². The maximum atomic E-state index is 4.45. The third-order valence-corrected chi connectivity index (χ3v) is 3.44. The van der Waals surface area contributed by atoms with E-state index in [0.29, 0.717) is 5.92 Å². The van der Waals surface area contributed by atoms with Gasteiger partial charge in [-0.25, -0.2) is 9.97 Å². The molecule has 0 aliphatic heterocycles. The molecule has 0 amide bonds. The summed E-state index contributed by atoms with van der Waals surface area (Å²) < 4.78 is 0. The molecule has 21 heavy (non-hydrogen) atoms. The fraction of sp³-hybridized carbons (Fsp3) is 0.474. The molecule has 1 atom stereocenters. The van der Waals surface area contributed by atoms with E-state index in [2.05, 4.69) is 48.1 Å². The molecule has 2 aromatic rings. The van der Waals surface area contributed by atoms with Crippen LogP contribution in [-0.4, -0.2) is 9.97 Å². The molecule has 2 nitrogen and oxygen atoms in total. The van der Waals surface area contributed by atoms with Gasteiger partial charge in [0.15, 0.2) is 0 Å². The van der Waals surface area contributed by atoms with Gasteiger partial charge in [0.05, 0.1) is 0 Å². The normalized spacial score (nSPS) is 11.4. The van der Waals surface area contributed by atoms with Gasteiger partial charge in [-0.2, -0.15) is 0 Å². The first kappa shape index (κ1) is 17.4. The van der Waals surface area contributed by atoms with E-state index in [1.807, 2.05) is 32.3 Å². The van der Waals surface area contributed by atoms with Gasteiger partial charge in [0.1, 0.15) is 5.82 Å². The van der Waals surface area contributed by atoms with Gasteiger partial charge in [-0.1, -0.05) is 69.9 Å². The standard InChI is InChI=1S/C17H22N2.C2H6/c1-3-4-5-10-16(17-18-11-7-12-19-17)15-9-6-8-14(2)13-15;1-2/h6-9,11-13,16H,3-5,10H2,1-2H3;1-2H3. The van der Waals surface area contributed by atoms with Crippen LogP contribution in [0.4, 0.5) is 0 Å². The van der Waals surface area contributed by atoms with E-state index in [9.17, 15) is 0 Å². The molecular formula is C19H28N2. The summed E-state index contributed by atoms with van der Waals surface area (Å²) in [6, 6.07) is 10.6. The lowest BCUT2D eigenvalue weighted by Crippen LogP contribution is -2.06. The van der Waals surface area contributed by atoms with Crippen LogP contribution in [0, 0.1) is 6.92 Å². The summed E-state index contributed by atoms with van der Waals surface area (Å²) >= 11 is 0. The Balaban J connectivity index is 0.00000106. The zero-order valence-electron chi connectivity index (χ0n) is 13.8. The van der Waals surface area contributed by atoms with Crippen LogP contribution in [-0.2, 0) is 0 Å². The molecule has 114 valence electrons. The molecule has 1 unspecified atom stereocenters. The topological polar surface area (TPSA) is 25.8 Å². The van der Waals surface area contributed by atoms with E-state index >= 15 is 0 Å². The summed E-state index contributed by atoms with van der Waals surface area (Å²) in [6.07, 6.45) is 8.55. The van der Waals surface area contributed by atoms with Crippen molar-refractivity contribution < 1.29 is 0 Å². The summed E-state index contributed by atoms with van der Waals surface area (Å²) in [5.41, 5.74) is 2.64. The number of nitrogens with zero attached hydrogens (tertiary/aromatic N) is 2. The number of benzene rings is 1. The Labute approximate surface area is 129 Å². The summed E-state index contributed by atoms with van der Waals surface area (Å²) in [5.74, 6) is 1.27. The number of hydrogen-bond donors (Lipinski definition) is 0. The van der Waals surface area contributed by atoms with E-state index < -0.39 is 0 Å². The molecule has 2 heteroatoms. The first-order valence-electron chi connectivity index (χ1n) is 8.14. The number of aromatic nitrogens is 2. The lowest BCUT2D eigenvalue weighted by atomic mass is 9.91. The van der Waals surface area contributed by atoms with Crippen molar-refractivity contribution in [2.24, 2.45) is 0 Å². The van der Waals surface area contributed by atoms with Crippen molar-refractivity contribution in [3.63, 3.8) is 0 Å². The van der Waals surface area contributed by atoms with E-state index in [-0.39, 0.29) is 0 Å². The van der Waals surface area contributed by atoms with Crippen molar-refractivity contribution in [3.8, 4) is 0 Å². The third-order valence-electron chi connectivity index (χ3n) is 3.44. The smallest absolute Gasteiger partial charge is 0.135 e. The molecule has 0 aliphatic rings. The number of unbranched alkanes of at least 4 members (excludes halogenated alkanes) is 2. The second kappa shape index (κ2) is 10.1. The molecule has 0 N–H and O–H groups in total. The Morgan fingerprint density at radius 1 is 1.00 bits per heavy atom. The fourth-order valence-corrected chi connectivity index (χ4v) is 2.42. The van der Waals surface area contributed by atoms with Gasteiger partial charge in [-0.3, -0.25) is 0 Å². The molecule has 0 saturated heterocycles. The monoisotopic (exact) mass is 284 g/mol. The average Bonchev–Trinajstić information content (AvgIpc) is 2.54. The fourth-order valence-electron chi connectivity index (χ4n) is 2.42. The zero-order valence-corrected chi connectivity index (χ0v) is 13.8. The Morgan fingerprint density at radius 2 is 1.71 bits per heavy atom. The Hall–Kier alpha value is -1.70. The molecule has 0 fully saturated rings. The van der Waals surface area contributed by atoms with Gasteiger partial charge in [-0.05, 0) is 25.0 Å². The number of rotatable bonds is 6. The minimum Gasteiger partial charge on any atom is -0.241 e. The van der Waals surface area contributed by atoms with Gasteiger partial charge < -0.3 is 0 Å². The van der Waals surface area contributed by atoms with Crippen molar-refractivity contribution in [1.29, 1.82) is 0 Å². The average molecular weight is 284 g/mol. The molecule has 0 bridgehead atoms. The van der Waals surface area contributed by atoms with Gasteiger partial charge in [0.25, 0.3) is 0 Å². The minimum atomic E-state index is 0.327. The second-order valence-corrected chi connectivity index (χ2v) is 5.07. The van der Waals surface area contributed by atoms with Crippen LogP contribution in [0.1, 0.15) is 69.3 Å². The van der Waals surface area contributed by atoms with Gasteiger partial charge in [0, 0.05) is 18.3 Å². The third kappa shape index (κ3) is 5.66. The predicted octanol–water partition coefficient (Wildman–Crippen LogP) is 5.52. The summed E-state index contributed by atoms with van der Waals surface area (Å²) in [6.45, 7) is 8.37. The molecule has 1 aromatic heterocycles.